The molecule has 5 nitrogen and oxygen atoms in total. The number of aryl methyl sites for hydroxylation is 1. The highest BCUT2D eigenvalue weighted by Crippen LogP contribution is 2.30. The summed E-state index contributed by atoms with van der Waals surface area (Å²) < 4.78 is 7.95. The van der Waals surface area contributed by atoms with Gasteiger partial charge in [0.15, 0.2) is 5.65 Å². The SMILES string of the molecule is CCCn1ncc2[nH]c(-c3ccccc3O[C@@H](C)CC)nc21. The Labute approximate surface area is 130 Å². The molecule has 0 fully saturated rings. The van der Waals surface area contributed by atoms with Crippen LogP contribution in [0.2, 0.25) is 0 Å². The molecule has 1 atom stereocenters. The lowest BCUT2D eigenvalue weighted by molar-refractivity contribution is 0.218. The molecule has 0 aliphatic rings. The highest BCUT2D eigenvalue weighted by atomic mass is 16.5. The van der Waals surface area contributed by atoms with Gasteiger partial charge in [-0.1, -0.05) is 26.0 Å². The van der Waals surface area contributed by atoms with E-state index in [0.29, 0.717) is 0 Å². The van der Waals surface area contributed by atoms with E-state index in [0.717, 1.165) is 47.7 Å². The molecule has 0 aliphatic carbocycles. The van der Waals surface area contributed by atoms with Crippen molar-refractivity contribution >= 4 is 11.2 Å². The Bertz CT molecular complexity index is 759. The van der Waals surface area contributed by atoms with E-state index in [9.17, 15) is 0 Å². The van der Waals surface area contributed by atoms with Crippen molar-refractivity contribution in [1.82, 2.24) is 19.7 Å². The van der Waals surface area contributed by atoms with E-state index in [1.165, 1.54) is 0 Å². The van der Waals surface area contributed by atoms with Crippen LogP contribution in [0.5, 0.6) is 5.75 Å². The molecule has 3 aromatic rings. The smallest absolute Gasteiger partial charge is 0.176 e. The first-order chi connectivity index (χ1) is 10.7. The Morgan fingerprint density at radius 2 is 2.09 bits per heavy atom. The lowest BCUT2D eigenvalue weighted by Crippen LogP contribution is -2.10. The summed E-state index contributed by atoms with van der Waals surface area (Å²) in [4.78, 5) is 8.07. The summed E-state index contributed by atoms with van der Waals surface area (Å²) in [5.41, 5.74) is 2.85. The predicted molar refractivity (Wildman–Crippen MR) is 88.0 cm³/mol. The van der Waals surface area contributed by atoms with Crippen LogP contribution in [0.15, 0.2) is 30.5 Å². The van der Waals surface area contributed by atoms with E-state index in [1.54, 1.807) is 0 Å². The number of nitrogens with zero attached hydrogens (tertiary/aromatic N) is 3. The summed E-state index contributed by atoms with van der Waals surface area (Å²) in [5, 5.41) is 4.36. The highest BCUT2D eigenvalue weighted by Gasteiger charge is 2.14. The molecule has 3 rings (SSSR count). The largest absolute Gasteiger partial charge is 0.490 e. The molecule has 1 N–H and O–H groups in total. The molecule has 0 amide bonds. The Kier molecular flexibility index (Phi) is 4.13. The van der Waals surface area contributed by atoms with Crippen molar-refractivity contribution in [2.24, 2.45) is 0 Å². The average Bonchev–Trinajstić information content (AvgIpc) is 3.10. The van der Waals surface area contributed by atoms with Gasteiger partial charge in [-0.15, -0.1) is 0 Å². The van der Waals surface area contributed by atoms with Crippen molar-refractivity contribution in [3.05, 3.63) is 30.5 Å². The molecule has 1 aromatic carbocycles. The molecule has 0 radical (unpaired) electrons. The van der Waals surface area contributed by atoms with Crippen LogP contribution in [0.4, 0.5) is 0 Å². The monoisotopic (exact) mass is 298 g/mol. The maximum atomic E-state index is 6.02. The van der Waals surface area contributed by atoms with Gasteiger partial charge < -0.3 is 9.72 Å². The van der Waals surface area contributed by atoms with Crippen molar-refractivity contribution in [3.63, 3.8) is 0 Å². The average molecular weight is 298 g/mol. The van der Waals surface area contributed by atoms with Gasteiger partial charge in [0.05, 0.1) is 17.9 Å². The van der Waals surface area contributed by atoms with Gasteiger partial charge in [-0.05, 0) is 31.9 Å². The molecule has 0 saturated heterocycles. The highest BCUT2D eigenvalue weighted by molar-refractivity contribution is 5.77. The topological polar surface area (TPSA) is 55.7 Å². The second kappa shape index (κ2) is 6.22. The van der Waals surface area contributed by atoms with Crippen LogP contribution in [-0.2, 0) is 6.54 Å². The van der Waals surface area contributed by atoms with Crippen molar-refractivity contribution in [3.8, 4) is 17.1 Å². The number of rotatable bonds is 6. The minimum absolute atomic E-state index is 0.182. The van der Waals surface area contributed by atoms with E-state index in [2.05, 4.69) is 30.9 Å². The number of hydrogen-bond donors (Lipinski definition) is 1. The minimum atomic E-state index is 0.182. The van der Waals surface area contributed by atoms with E-state index in [4.69, 9.17) is 9.72 Å². The molecule has 0 saturated carbocycles. The molecule has 0 spiro atoms. The van der Waals surface area contributed by atoms with Gasteiger partial charge in [-0.3, -0.25) is 0 Å². The van der Waals surface area contributed by atoms with E-state index >= 15 is 0 Å². The number of fused-ring (bicyclic) bond motifs is 1. The second-order valence-corrected chi connectivity index (χ2v) is 5.52. The van der Waals surface area contributed by atoms with Gasteiger partial charge in [0.25, 0.3) is 0 Å². The molecular weight excluding hydrogens is 276 g/mol. The van der Waals surface area contributed by atoms with Gasteiger partial charge in [-0.25, -0.2) is 9.67 Å². The minimum Gasteiger partial charge on any atom is -0.490 e. The number of imidazole rings is 1. The zero-order valence-electron chi connectivity index (χ0n) is 13.3. The number of nitrogens with one attached hydrogen (secondary N) is 1. The summed E-state index contributed by atoms with van der Waals surface area (Å²) >= 11 is 0. The Balaban J connectivity index is 2.00. The van der Waals surface area contributed by atoms with Crippen molar-refractivity contribution < 1.29 is 4.74 Å². The Morgan fingerprint density at radius 3 is 2.86 bits per heavy atom. The molecule has 2 aromatic heterocycles. The maximum absolute atomic E-state index is 6.02. The fraction of sp³-hybridized carbons (Fsp3) is 0.412. The number of aromatic amines is 1. The third-order valence-corrected chi connectivity index (χ3v) is 3.76. The summed E-state index contributed by atoms with van der Waals surface area (Å²) in [6, 6.07) is 8.02. The lowest BCUT2D eigenvalue weighted by Gasteiger charge is -2.15. The molecule has 22 heavy (non-hydrogen) atoms. The van der Waals surface area contributed by atoms with Gasteiger partial charge in [0.2, 0.25) is 0 Å². The first kappa shape index (κ1) is 14.6. The van der Waals surface area contributed by atoms with Crippen LogP contribution in [0, 0.1) is 0 Å². The number of H-pyrrole nitrogens is 1. The molecule has 5 heteroatoms. The molecular formula is C17H22N4O. The maximum Gasteiger partial charge on any atom is 0.176 e. The Morgan fingerprint density at radius 1 is 1.27 bits per heavy atom. The van der Waals surface area contributed by atoms with Gasteiger partial charge in [0, 0.05) is 6.54 Å². The summed E-state index contributed by atoms with van der Waals surface area (Å²) in [7, 11) is 0. The number of aromatic nitrogens is 4. The van der Waals surface area contributed by atoms with Crippen LogP contribution >= 0.6 is 0 Å². The summed E-state index contributed by atoms with van der Waals surface area (Å²) in [5.74, 6) is 1.69. The van der Waals surface area contributed by atoms with Crippen molar-refractivity contribution in [2.75, 3.05) is 0 Å². The number of para-hydroxylation sites is 1. The third kappa shape index (κ3) is 2.71. The summed E-state index contributed by atoms with van der Waals surface area (Å²) in [6.07, 6.45) is 4.02. The van der Waals surface area contributed by atoms with Gasteiger partial charge >= 0.3 is 0 Å². The fourth-order valence-corrected chi connectivity index (χ4v) is 2.41. The second-order valence-electron chi connectivity index (χ2n) is 5.52. The molecule has 0 aliphatic heterocycles. The van der Waals surface area contributed by atoms with Crippen molar-refractivity contribution in [2.45, 2.75) is 46.3 Å². The normalized spacial score (nSPS) is 12.7. The van der Waals surface area contributed by atoms with Crippen LogP contribution in [-0.4, -0.2) is 25.9 Å². The number of ether oxygens (including phenoxy) is 1. The molecule has 2 heterocycles. The summed E-state index contributed by atoms with van der Waals surface area (Å²) in [6.45, 7) is 7.21. The quantitative estimate of drug-likeness (QED) is 0.748. The first-order valence-corrected chi connectivity index (χ1v) is 7.90. The zero-order valence-corrected chi connectivity index (χ0v) is 13.3. The molecule has 116 valence electrons. The Hall–Kier alpha value is -2.30. The van der Waals surface area contributed by atoms with Crippen molar-refractivity contribution in [1.29, 1.82) is 0 Å². The van der Waals surface area contributed by atoms with E-state index in [-0.39, 0.29) is 6.10 Å². The van der Waals surface area contributed by atoms with Crippen LogP contribution < -0.4 is 4.74 Å². The van der Waals surface area contributed by atoms with Gasteiger partial charge in [0.1, 0.15) is 17.1 Å². The number of benzene rings is 1. The standard InChI is InChI=1S/C17H22N4O/c1-4-10-21-17-14(11-18-21)19-16(20-17)13-8-6-7-9-15(13)22-12(3)5-2/h6-9,11-12H,4-5,10H2,1-3H3,(H,19,20)/t12-/m0/s1. The van der Waals surface area contributed by atoms with Crippen LogP contribution in [0.25, 0.3) is 22.6 Å². The first-order valence-electron chi connectivity index (χ1n) is 7.90. The molecule has 0 bridgehead atoms. The van der Waals surface area contributed by atoms with Gasteiger partial charge in [-0.2, -0.15) is 5.10 Å². The third-order valence-electron chi connectivity index (χ3n) is 3.76. The van der Waals surface area contributed by atoms with E-state index < -0.39 is 0 Å². The zero-order chi connectivity index (χ0) is 15.5. The number of hydrogen-bond acceptors (Lipinski definition) is 3. The van der Waals surface area contributed by atoms with Crippen LogP contribution in [0.1, 0.15) is 33.6 Å². The lowest BCUT2D eigenvalue weighted by atomic mass is 10.2. The van der Waals surface area contributed by atoms with E-state index in [1.807, 2.05) is 35.1 Å². The molecule has 0 unspecified atom stereocenters. The fourth-order valence-electron chi connectivity index (χ4n) is 2.41. The predicted octanol–water partition coefficient (Wildman–Crippen LogP) is 4.01. The van der Waals surface area contributed by atoms with Crippen LogP contribution in [0.3, 0.4) is 0 Å².